The number of nitrogens with zero attached hydrogens (tertiary/aromatic N) is 1. The van der Waals surface area contributed by atoms with Gasteiger partial charge in [-0.3, -0.25) is 4.90 Å². The van der Waals surface area contributed by atoms with E-state index in [0.717, 1.165) is 18.7 Å². The number of nitrogens with one attached hydrogen (secondary N) is 1. The standard InChI is InChI=1S/C16H26N2O/c1-14(12-15-6-5-11-19-15)18-10-9-17-13-16(18)7-3-2-4-8-16/h5-6,11,14,17H,2-4,7-10,12-13H2,1H3. The van der Waals surface area contributed by atoms with Crippen LogP contribution in [-0.4, -0.2) is 36.1 Å². The van der Waals surface area contributed by atoms with Crippen LogP contribution in [0.1, 0.15) is 44.8 Å². The minimum absolute atomic E-state index is 0.419. The summed E-state index contributed by atoms with van der Waals surface area (Å²) in [6, 6.07) is 4.67. The van der Waals surface area contributed by atoms with Gasteiger partial charge in [0, 0.05) is 37.6 Å². The summed E-state index contributed by atoms with van der Waals surface area (Å²) in [7, 11) is 0. The second kappa shape index (κ2) is 5.68. The van der Waals surface area contributed by atoms with E-state index in [2.05, 4.69) is 23.2 Å². The lowest BCUT2D eigenvalue weighted by Crippen LogP contribution is -2.64. The Bertz CT molecular complexity index is 373. The van der Waals surface area contributed by atoms with Gasteiger partial charge in [0.25, 0.3) is 0 Å². The van der Waals surface area contributed by atoms with E-state index in [1.165, 1.54) is 45.2 Å². The van der Waals surface area contributed by atoms with Gasteiger partial charge >= 0.3 is 0 Å². The molecule has 2 fully saturated rings. The third-order valence-electron chi connectivity index (χ3n) is 4.99. The van der Waals surface area contributed by atoms with Gasteiger partial charge in [-0.1, -0.05) is 19.3 Å². The topological polar surface area (TPSA) is 28.4 Å². The van der Waals surface area contributed by atoms with Gasteiger partial charge in [0.2, 0.25) is 0 Å². The molecule has 1 aliphatic carbocycles. The Labute approximate surface area is 116 Å². The Balaban J connectivity index is 1.72. The van der Waals surface area contributed by atoms with Crippen molar-refractivity contribution in [2.45, 2.75) is 57.0 Å². The van der Waals surface area contributed by atoms with Crippen LogP contribution in [0.25, 0.3) is 0 Å². The summed E-state index contributed by atoms with van der Waals surface area (Å²) < 4.78 is 5.53. The smallest absolute Gasteiger partial charge is 0.105 e. The van der Waals surface area contributed by atoms with Crippen molar-refractivity contribution in [3.05, 3.63) is 24.2 Å². The molecule has 1 unspecified atom stereocenters. The first-order valence-electron chi connectivity index (χ1n) is 7.80. The number of rotatable bonds is 3. The third-order valence-corrected chi connectivity index (χ3v) is 4.99. The minimum atomic E-state index is 0.419. The van der Waals surface area contributed by atoms with Crippen molar-refractivity contribution >= 4 is 0 Å². The summed E-state index contributed by atoms with van der Waals surface area (Å²) in [5, 5.41) is 3.62. The van der Waals surface area contributed by atoms with E-state index in [0.29, 0.717) is 11.6 Å². The van der Waals surface area contributed by atoms with Gasteiger partial charge in [-0.25, -0.2) is 0 Å². The van der Waals surface area contributed by atoms with Crippen molar-refractivity contribution in [1.82, 2.24) is 10.2 Å². The molecule has 1 spiro atoms. The highest BCUT2D eigenvalue weighted by Crippen LogP contribution is 2.36. The summed E-state index contributed by atoms with van der Waals surface area (Å²) in [6.45, 7) is 5.85. The molecule has 1 aliphatic heterocycles. The van der Waals surface area contributed by atoms with Gasteiger partial charge in [-0.05, 0) is 31.9 Å². The average molecular weight is 262 g/mol. The molecule has 1 atom stereocenters. The molecule has 106 valence electrons. The molecule has 0 bridgehead atoms. The molecule has 3 heteroatoms. The lowest BCUT2D eigenvalue weighted by atomic mass is 9.78. The van der Waals surface area contributed by atoms with Crippen molar-refractivity contribution in [3.63, 3.8) is 0 Å². The minimum Gasteiger partial charge on any atom is -0.469 e. The molecule has 1 aromatic heterocycles. The molecule has 2 aliphatic rings. The highest BCUT2D eigenvalue weighted by molar-refractivity contribution is 5.04. The zero-order chi connectivity index (χ0) is 13.1. The van der Waals surface area contributed by atoms with Gasteiger partial charge in [0.1, 0.15) is 5.76 Å². The number of piperazine rings is 1. The molecular weight excluding hydrogens is 236 g/mol. The monoisotopic (exact) mass is 262 g/mol. The van der Waals surface area contributed by atoms with E-state index in [9.17, 15) is 0 Å². The quantitative estimate of drug-likeness (QED) is 0.908. The normalized spacial score (nSPS) is 25.5. The molecule has 19 heavy (non-hydrogen) atoms. The van der Waals surface area contributed by atoms with Gasteiger partial charge in [-0.2, -0.15) is 0 Å². The fourth-order valence-electron chi connectivity index (χ4n) is 4.05. The van der Waals surface area contributed by atoms with Gasteiger partial charge in [0.05, 0.1) is 6.26 Å². The van der Waals surface area contributed by atoms with Crippen LogP contribution in [0.3, 0.4) is 0 Å². The highest BCUT2D eigenvalue weighted by atomic mass is 16.3. The Morgan fingerprint density at radius 3 is 2.95 bits per heavy atom. The largest absolute Gasteiger partial charge is 0.469 e. The zero-order valence-electron chi connectivity index (χ0n) is 12.0. The van der Waals surface area contributed by atoms with Crippen molar-refractivity contribution in [2.24, 2.45) is 0 Å². The predicted octanol–water partition coefficient (Wildman–Crippen LogP) is 2.82. The van der Waals surface area contributed by atoms with E-state index in [4.69, 9.17) is 4.42 Å². The molecule has 1 saturated carbocycles. The van der Waals surface area contributed by atoms with E-state index in [-0.39, 0.29) is 0 Å². The lowest BCUT2D eigenvalue weighted by molar-refractivity contribution is -0.00299. The van der Waals surface area contributed by atoms with E-state index in [1.54, 1.807) is 6.26 Å². The van der Waals surface area contributed by atoms with E-state index >= 15 is 0 Å². The summed E-state index contributed by atoms with van der Waals surface area (Å²) in [6.07, 6.45) is 9.76. The molecule has 0 radical (unpaired) electrons. The molecule has 3 nitrogen and oxygen atoms in total. The molecule has 1 aromatic rings. The van der Waals surface area contributed by atoms with Crippen LogP contribution >= 0.6 is 0 Å². The van der Waals surface area contributed by atoms with Crippen molar-refractivity contribution in [3.8, 4) is 0 Å². The molecule has 2 heterocycles. The molecule has 1 N–H and O–H groups in total. The number of hydrogen-bond donors (Lipinski definition) is 1. The number of furan rings is 1. The second-order valence-electron chi connectivity index (χ2n) is 6.29. The Morgan fingerprint density at radius 2 is 2.21 bits per heavy atom. The second-order valence-corrected chi connectivity index (χ2v) is 6.29. The van der Waals surface area contributed by atoms with Crippen LogP contribution in [0.4, 0.5) is 0 Å². The first-order valence-corrected chi connectivity index (χ1v) is 7.80. The Morgan fingerprint density at radius 1 is 1.37 bits per heavy atom. The lowest BCUT2D eigenvalue weighted by Gasteiger charge is -2.52. The van der Waals surface area contributed by atoms with Gasteiger partial charge < -0.3 is 9.73 Å². The summed E-state index contributed by atoms with van der Waals surface area (Å²) in [5.41, 5.74) is 0.419. The highest BCUT2D eigenvalue weighted by Gasteiger charge is 2.41. The maximum Gasteiger partial charge on any atom is 0.105 e. The molecule has 0 amide bonds. The van der Waals surface area contributed by atoms with E-state index in [1.807, 2.05) is 6.07 Å². The summed E-state index contributed by atoms with van der Waals surface area (Å²) >= 11 is 0. The molecule has 3 rings (SSSR count). The SMILES string of the molecule is CC(Cc1ccco1)N1CCNCC12CCCCC2. The maximum atomic E-state index is 5.53. The Kier molecular flexibility index (Phi) is 3.94. The van der Waals surface area contributed by atoms with Crippen molar-refractivity contribution in [2.75, 3.05) is 19.6 Å². The van der Waals surface area contributed by atoms with E-state index < -0.39 is 0 Å². The summed E-state index contributed by atoms with van der Waals surface area (Å²) in [5.74, 6) is 1.12. The molecule has 1 saturated heterocycles. The van der Waals surface area contributed by atoms with Gasteiger partial charge in [-0.15, -0.1) is 0 Å². The van der Waals surface area contributed by atoms with Crippen LogP contribution in [0.2, 0.25) is 0 Å². The fourth-order valence-corrected chi connectivity index (χ4v) is 4.05. The van der Waals surface area contributed by atoms with Crippen LogP contribution in [0.5, 0.6) is 0 Å². The predicted molar refractivity (Wildman–Crippen MR) is 77.3 cm³/mol. The maximum absolute atomic E-state index is 5.53. The Hall–Kier alpha value is -0.800. The molecule has 0 aromatic carbocycles. The van der Waals surface area contributed by atoms with Crippen LogP contribution < -0.4 is 5.32 Å². The first-order chi connectivity index (χ1) is 9.30. The van der Waals surface area contributed by atoms with Crippen molar-refractivity contribution < 1.29 is 4.42 Å². The van der Waals surface area contributed by atoms with Gasteiger partial charge in [0.15, 0.2) is 0 Å². The van der Waals surface area contributed by atoms with Crippen LogP contribution in [0.15, 0.2) is 22.8 Å². The zero-order valence-corrected chi connectivity index (χ0v) is 12.0. The van der Waals surface area contributed by atoms with Crippen LogP contribution in [-0.2, 0) is 6.42 Å². The number of hydrogen-bond acceptors (Lipinski definition) is 3. The van der Waals surface area contributed by atoms with Crippen LogP contribution in [0, 0.1) is 0 Å². The third kappa shape index (κ3) is 2.72. The average Bonchev–Trinajstić information content (AvgIpc) is 2.93. The van der Waals surface area contributed by atoms with Crippen molar-refractivity contribution in [1.29, 1.82) is 0 Å². The summed E-state index contributed by atoms with van der Waals surface area (Å²) in [4.78, 5) is 2.77. The molecular formula is C16H26N2O. The first kappa shape index (κ1) is 13.2. The fraction of sp³-hybridized carbons (Fsp3) is 0.750.